The SMILES string of the molecule is CC(CNCc1ccsc1)COc1cccc(-c2noc3ccsc23)c1.COC. The lowest BCUT2D eigenvalue weighted by atomic mass is 10.1. The summed E-state index contributed by atoms with van der Waals surface area (Å²) in [5.74, 6) is 1.29. The highest BCUT2D eigenvalue weighted by atomic mass is 32.1. The van der Waals surface area contributed by atoms with E-state index in [0.717, 1.165) is 40.4 Å². The quantitative estimate of drug-likeness (QED) is 0.389. The van der Waals surface area contributed by atoms with Crippen LogP contribution in [0.3, 0.4) is 0 Å². The van der Waals surface area contributed by atoms with E-state index in [-0.39, 0.29) is 0 Å². The van der Waals surface area contributed by atoms with Crippen molar-refractivity contribution in [2.45, 2.75) is 13.5 Å². The van der Waals surface area contributed by atoms with Crippen molar-refractivity contribution in [2.75, 3.05) is 27.4 Å². The van der Waals surface area contributed by atoms with E-state index < -0.39 is 0 Å². The molecule has 4 aromatic rings. The molecular weight excluding hydrogens is 404 g/mol. The van der Waals surface area contributed by atoms with Crippen LogP contribution in [0.15, 0.2) is 57.1 Å². The molecule has 1 atom stereocenters. The first-order chi connectivity index (χ1) is 14.2. The number of hydrogen-bond donors (Lipinski definition) is 1. The van der Waals surface area contributed by atoms with Crippen molar-refractivity contribution >= 4 is 33.0 Å². The molecule has 3 heterocycles. The number of hydrogen-bond acceptors (Lipinski definition) is 7. The standard InChI is InChI=1S/C20H20N2O2S2.C2H6O/c1-14(10-21-11-15-5-7-25-13-15)12-23-17-4-2-3-16(9-17)19-20-18(24-22-19)6-8-26-20;1-3-2/h2-9,13-14,21H,10-12H2,1H3;1-2H3. The molecule has 0 amide bonds. The fourth-order valence-electron chi connectivity index (χ4n) is 2.75. The second-order valence-corrected chi connectivity index (χ2v) is 8.46. The zero-order chi connectivity index (χ0) is 20.5. The molecule has 29 heavy (non-hydrogen) atoms. The Hall–Kier alpha value is -2.19. The molecule has 0 aliphatic heterocycles. The van der Waals surface area contributed by atoms with E-state index >= 15 is 0 Å². The maximum atomic E-state index is 5.99. The molecule has 1 aromatic carbocycles. The van der Waals surface area contributed by atoms with Gasteiger partial charge in [-0.3, -0.25) is 0 Å². The second kappa shape index (κ2) is 11.1. The summed E-state index contributed by atoms with van der Waals surface area (Å²) in [4.78, 5) is 0. The van der Waals surface area contributed by atoms with Gasteiger partial charge < -0.3 is 19.3 Å². The van der Waals surface area contributed by atoms with E-state index in [9.17, 15) is 0 Å². The van der Waals surface area contributed by atoms with Crippen LogP contribution in [0.5, 0.6) is 5.75 Å². The van der Waals surface area contributed by atoms with Crippen LogP contribution in [-0.2, 0) is 11.3 Å². The lowest BCUT2D eigenvalue weighted by molar-refractivity contribution is 0.255. The van der Waals surface area contributed by atoms with E-state index in [1.807, 2.05) is 35.7 Å². The zero-order valence-electron chi connectivity index (χ0n) is 16.9. The van der Waals surface area contributed by atoms with E-state index in [1.54, 1.807) is 36.9 Å². The highest BCUT2D eigenvalue weighted by molar-refractivity contribution is 7.17. The molecule has 5 nitrogen and oxygen atoms in total. The summed E-state index contributed by atoms with van der Waals surface area (Å²) < 4.78 is 16.7. The summed E-state index contributed by atoms with van der Waals surface area (Å²) in [5.41, 5.74) is 4.07. The molecule has 0 saturated heterocycles. The van der Waals surface area contributed by atoms with Crippen LogP contribution < -0.4 is 10.1 Å². The third-order valence-electron chi connectivity index (χ3n) is 4.12. The molecule has 0 fully saturated rings. The summed E-state index contributed by atoms with van der Waals surface area (Å²) in [6.45, 7) is 4.70. The third kappa shape index (κ3) is 6.14. The fourth-order valence-corrected chi connectivity index (χ4v) is 4.23. The van der Waals surface area contributed by atoms with Gasteiger partial charge in [-0.15, -0.1) is 11.3 Å². The average Bonchev–Trinajstić information content (AvgIpc) is 3.45. The number of methoxy groups -OCH3 is 1. The van der Waals surface area contributed by atoms with E-state index in [0.29, 0.717) is 12.5 Å². The Morgan fingerprint density at radius 3 is 2.83 bits per heavy atom. The van der Waals surface area contributed by atoms with Gasteiger partial charge in [0.25, 0.3) is 0 Å². The van der Waals surface area contributed by atoms with Crippen molar-refractivity contribution in [3.63, 3.8) is 0 Å². The van der Waals surface area contributed by atoms with Crippen molar-refractivity contribution < 1.29 is 14.0 Å². The van der Waals surface area contributed by atoms with Crippen LogP contribution in [0, 0.1) is 5.92 Å². The molecule has 0 bridgehead atoms. The summed E-state index contributed by atoms with van der Waals surface area (Å²) >= 11 is 3.37. The van der Waals surface area contributed by atoms with Gasteiger partial charge in [-0.2, -0.15) is 11.3 Å². The van der Waals surface area contributed by atoms with Crippen LogP contribution in [0.2, 0.25) is 0 Å². The zero-order valence-corrected chi connectivity index (χ0v) is 18.5. The van der Waals surface area contributed by atoms with E-state index in [1.165, 1.54) is 5.56 Å². The summed E-state index contributed by atoms with van der Waals surface area (Å²) in [5, 5.41) is 14.0. The largest absolute Gasteiger partial charge is 0.493 e. The number of ether oxygens (including phenoxy) is 2. The highest BCUT2D eigenvalue weighted by Crippen LogP contribution is 2.33. The fraction of sp³-hybridized carbons (Fsp3) is 0.318. The van der Waals surface area contributed by atoms with Gasteiger partial charge in [-0.1, -0.05) is 24.2 Å². The summed E-state index contributed by atoms with van der Waals surface area (Å²) in [6, 6.07) is 12.2. The number of rotatable bonds is 8. The maximum Gasteiger partial charge on any atom is 0.178 e. The normalized spacial score (nSPS) is 11.8. The van der Waals surface area contributed by atoms with Crippen molar-refractivity contribution in [1.29, 1.82) is 0 Å². The first-order valence-electron chi connectivity index (χ1n) is 9.39. The molecule has 4 rings (SSSR count). The van der Waals surface area contributed by atoms with Crippen LogP contribution in [-0.4, -0.2) is 32.5 Å². The maximum absolute atomic E-state index is 5.99. The summed E-state index contributed by atoms with van der Waals surface area (Å²) in [7, 11) is 3.25. The number of nitrogens with zero attached hydrogens (tertiary/aromatic N) is 1. The van der Waals surface area contributed by atoms with Crippen LogP contribution in [0.25, 0.3) is 21.5 Å². The smallest absolute Gasteiger partial charge is 0.178 e. The molecule has 154 valence electrons. The minimum absolute atomic E-state index is 0.424. The molecule has 0 aliphatic rings. The Bertz CT molecular complexity index is 979. The van der Waals surface area contributed by atoms with Gasteiger partial charge in [-0.05, 0) is 46.0 Å². The number of fused-ring (bicyclic) bond motifs is 1. The molecule has 7 heteroatoms. The van der Waals surface area contributed by atoms with E-state index in [2.05, 4.69) is 39.0 Å². The van der Waals surface area contributed by atoms with Gasteiger partial charge in [0.2, 0.25) is 0 Å². The molecule has 0 saturated carbocycles. The molecule has 3 aromatic heterocycles. The number of thiophene rings is 2. The lowest BCUT2D eigenvalue weighted by Gasteiger charge is -2.14. The Balaban J connectivity index is 0.000000755. The Morgan fingerprint density at radius 1 is 1.17 bits per heavy atom. The number of benzene rings is 1. The predicted octanol–water partition coefficient (Wildman–Crippen LogP) is 5.69. The monoisotopic (exact) mass is 430 g/mol. The van der Waals surface area contributed by atoms with Crippen LogP contribution in [0.1, 0.15) is 12.5 Å². The van der Waals surface area contributed by atoms with Gasteiger partial charge in [0.1, 0.15) is 16.1 Å². The van der Waals surface area contributed by atoms with Gasteiger partial charge in [0.15, 0.2) is 5.58 Å². The Morgan fingerprint density at radius 2 is 2.03 bits per heavy atom. The first kappa shape index (κ1) is 21.5. The number of aromatic nitrogens is 1. The molecule has 1 N–H and O–H groups in total. The number of nitrogens with one attached hydrogen (secondary N) is 1. The van der Waals surface area contributed by atoms with Gasteiger partial charge in [0.05, 0.1) is 6.61 Å². The van der Waals surface area contributed by atoms with Gasteiger partial charge >= 0.3 is 0 Å². The Kier molecular flexibility index (Phi) is 8.25. The van der Waals surface area contributed by atoms with Crippen molar-refractivity contribution in [2.24, 2.45) is 5.92 Å². The molecule has 0 radical (unpaired) electrons. The third-order valence-corrected chi connectivity index (χ3v) is 5.76. The van der Waals surface area contributed by atoms with Crippen LogP contribution in [0.4, 0.5) is 0 Å². The molecule has 0 aliphatic carbocycles. The topological polar surface area (TPSA) is 56.5 Å². The second-order valence-electron chi connectivity index (χ2n) is 6.76. The van der Waals surface area contributed by atoms with Crippen molar-refractivity contribution in [3.05, 3.63) is 58.1 Å². The summed E-state index contributed by atoms with van der Waals surface area (Å²) in [6.07, 6.45) is 0. The predicted molar refractivity (Wildman–Crippen MR) is 121 cm³/mol. The van der Waals surface area contributed by atoms with E-state index in [4.69, 9.17) is 9.26 Å². The molecule has 1 unspecified atom stereocenters. The van der Waals surface area contributed by atoms with Crippen molar-refractivity contribution in [1.82, 2.24) is 10.5 Å². The van der Waals surface area contributed by atoms with Gasteiger partial charge in [-0.25, -0.2) is 0 Å². The van der Waals surface area contributed by atoms with Crippen LogP contribution >= 0.6 is 22.7 Å². The first-order valence-corrected chi connectivity index (χ1v) is 11.2. The van der Waals surface area contributed by atoms with Gasteiger partial charge in [0, 0.05) is 38.8 Å². The minimum atomic E-state index is 0.424. The lowest BCUT2D eigenvalue weighted by Crippen LogP contribution is -2.24. The highest BCUT2D eigenvalue weighted by Gasteiger charge is 2.12. The molecular formula is C22H26N2O3S2. The average molecular weight is 431 g/mol. The Labute approximate surface area is 179 Å². The molecule has 0 spiro atoms. The minimum Gasteiger partial charge on any atom is -0.493 e. The van der Waals surface area contributed by atoms with Crippen molar-refractivity contribution in [3.8, 4) is 17.0 Å².